The lowest BCUT2D eigenvalue weighted by molar-refractivity contribution is -0.274. The molecule has 1 rings (SSSR count). The molecule has 0 aliphatic carbocycles. The van der Waals surface area contributed by atoms with Gasteiger partial charge in [0.1, 0.15) is 5.75 Å². The fourth-order valence-electron chi connectivity index (χ4n) is 1.21. The lowest BCUT2D eigenvalue weighted by Gasteiger charge is -2.10. The maximum Gasteiger partial charge on any atom is 0.573 e. The summed E-state index contributed by atoms with van der Waals surface area (Å²) in [6.45, 7) is 1.57. The van der Waals surface area contributed by atoms with Gasteiger partial charge in [0.15, 0.2) is 0 Å². The van der Waals surface area contributed by atoms with Crippen molar-refractivity contribution in [1.82, 2.24) is 0 Å². The van der Waals surface area contributed by atoms with Crippen LogP contribution in [0, 0.1) is 0 Å². The van der Waals surface area contributed by atoms with Crippen molar-refractivity contribution in [2.45, 2.75) is 25.8 Å². The van der Waals surface area contributed by atoms with Crippen LogP contribution in [0.4, 0.5) is 13.2 Å². The van der Waals surface area contributed by atoms with Gasteiger partial charge in [0.25, 0.3) is 0 Å². The van der Waals surface area contributed by atoms with Gasteiger partial charge in [-0.15, -0.1) is 13.2 Å². The van der Waals surface area contributed by atoms with Crippen LogP contribution in [0.2, 0.25) is 0 Å². The van der Waals surface area contributed by atoms with Gasteiger partial charge in [-0.25, -0.2) is 0 Å². The summed E-state index contributed by atoms with van der Waals surface area (Å²) >= 11 is 0. The summed E-state index contributed by atoms with van der Waals surface area (Å²) in [5, 5.41) is 9.07. The van der Waals surface area contributed by atoms with Crippen LogP contribution in [0.1, 0.15) is 12.5 Å². The molecule has 0 saturated carbocycles. The average molecular weight is 220 g/mol. The average Bonchev–Trinajstić information content (AvgIpc) is 1.99. The number of aliphatic hydroxyl groups is 1. The zero-order chi connectivity index (χ0) is 11.5. The Labute approximate surface area is 85.3 Å². The third kappa shape index (κ3) is 4.69. The second-order valence-corrected chi connectivity index (χ2v) is 3.25. The Morgan fingerprint density at radius 3 is 2.60 bits per heavy atom. The van der Waals surface area contributed by atoms with Gasteiger partial charge >= 0.3 is 6.36 Å². The smallest absolute Gasteiger partial charge is 0.406 e. The second kappa shape index (κ2) is 4.53. The maximum absolute atomic E-state index is 11.9. The third-order valence-corrected chi connectivity index (χ3v) is 1.66. The minimum atomic E-state index is -4.68. The van der Waals surface area contributed by atoms with Crippen LogP contribution in [0.15, 0.2) is 24.3 Å². The predicted octanol–water partition coefficient (Wildman–Crippen LogP) is 2.51. The summed E-state index contributed by atoms with van der Waals surface area (Å²) in [7, 11) is 0. The molecule has 0 aromatic heterocycles. The molecule has 1 N–H and O–H groups in total. The number of rotatable bonds is 3. The van der Waals surface area contributed by atoms with Crippen LogP contribution < -0.4 is 4.74 Å². The van der Waals surface area contributed by atoms with Gasteiger partial charge in [0.05, 0.1) is 6.10 Å². The molecule has 1 unspecified atom stereocenters. The number of ether oxygens (including phenoxy) is 1. The van der Waals surface area contributed by atoms with E-state index < -0.39 is 12.5 Å². The number of halogens is 3. The van der Waals surface area contributed by atoms with Gasteiger partial charge in [-0.05, 0) is 31.0 Å². The van der Waals surface area contributed by atoms with Crippen LogP contribution in [-0.4, -0.2) is 17.6 Å². The highest BCUT2D eigenvalue weighted by Crippen LogP contribution is 2.23. The molecule has 0 spiro atoms. The Balaban J connectivity index is 2.74. The molecule has 5 heteroatoms. The Hall–Kier alpha value is -1.23. The number of hydrogen-bond donors (Lipinski definition) is 1. The summed E-state index contributed by atoms with van der Waals surface area (Å²) in [4.78, 5) is 0. The highest BCUT2D eigenvalue weighted by molar-refractivity contribution is 5.29. The molecule has 0 radical (unpaired) electrons. The first-order chi connectivity index (χ1) is 6.87. The zero-order valence-corrected chi connectivity index (χ0v) is 8.08. The molecule has 1 atom stereocenters. The number of benzene rings is 1. The highest BCUT2D eigenvalue weighted by atomic mass is 19.4. The first-order valence-corrected chi connectivity index (χ1v) is 4.39. The van der Waals surface area contributed by atoms with Crippen molar-refractivity contribution in [2.24, 2.45) is 0 Å². The number of hydrogen-bond acceptors (Lipinski definition) is 2. The molecule has 15 heavy (non-hydrogen) atoms. The largest absolute Gasteiger partial charge is 0.573 e. The molecule has 0 aliphatic heterocycles. The van der Waals surface area contributed by atoms with Crippen molar-refractivity contribution in [3.63, 3.8) is 0 Å². The van der Waals surface area contributed by atoms with Gasteiger partial charge in [-0.1, -0.05) is 12.1 Å². The first kappa shape index (κ1) is 11.8. The van der Waals surface area contributed by atoms with Crippen LogP contribution in [-0.2, 0) is 6.42 Å². The van der Waals surface area contributed by atoms with Gasteiger partial charge in [-0.2, -0.15) is 0 Å². The summed E-state index contributed by atoms with van der Waals surface area (Å²) < 4.78 is 39.3. The highest BCUT2D eigenvalue weighted by Gasteiger charge is 2.31. The van der Waals surface area contributed by atoms with Crippen molar-refractivity contribution < 1.29 is 23.0 Å². The van der Waals surface area contributed by atoms with E-state index in [9.17, 15) is 13.2 Å². The van der Waals surface area contributed by atoms with E-state index in [1.807, 2.05) is 0 Å². The van der Waals surface area contributed by atoms with E-state index in [-0.39, 0.29) is 5.75 Å². The Kier molecular flexibility index (Phi) is 3.57. The monoisotopic (exact) mass is 220 g/mol. The minimum Gasteiger partial charge on any atom is -0.406 e. The van der Waals surface area contributed by atoms with E-state index in [1.165, 1.54) is 18.2 Å². The number of aliphatic hydroxyl groups excluding tert-OH is 1. The Morgan fingerprint density at radius 2 is 2.07 bits per heavy atom. The van der Waals surface area contributed by atoms with Crippen LogP contribution in [0.3, 0.4) is 0 Å². The quantitative estimate of drug-likeness (QED) is 0.848. The van der Waals surface area contributed by atoms with E-state index in [1.54, 1.807) is 13.0 Å². The molecular weight excluding hydrogens is 209 g/mol. The van der Waals surface area contributed by atoms with Crippen LogP contribution >= 0.6 is 0 Å². The minimum absolute atomic E-state index is 0.263. The Morgan fingerprint density at radius 1 is 1.40 bits per heavy atom. The summed E-state index contributed by atoms with van der Waals surface area (Å²) in [5.41, 5.74) is 0.603. The van der Waals surface area contributed by atoms with Crippen molar-refractivity contribution in [3.05, 3.63) is 29.8 Å². The molecule has 2 nitrogen and oxygen atoms in total. The molecule has 84 valence electrons. The molecule has 0 heterocycles. The first-order valence-electron chi connectivity index (χ1n) is 4.39. The van der Waals surface area contributed by atoms with Crippen LogP contribution in [0.25, 0.3) is 0 Å². The van der Waals surface area contributed by atoms with Gasteiger partial charge in [-0.3, -0.25) is 0 Å². The molecule has 0 fully saturated rings. The summed E-state index contributed by atoms with van der Waals surface area (Å²) in [6.07, 6.45) is -4.97. The molecule has 0 aliphatic rings. The molecule has 1 aromatic rings. The lowest BCUT2D eigenvalue weighted by Crippen LogP contribution is -2.17. The summed E-state index contributed by atoms with van der Waals surface area (Å²) in [6, 6.07) is 5.58. The fraction of sp³-hybridized carbons (Fsp3) is 0.400. The van der Waals surface area contributed by atoms with E-state index in [2.05, 4.69) is 4.74 Å². The van der Waals surface area contributed by atoms with E-state index >= 15 is 0 Å². The van der Waals surface area contributed by atoms with Crippen molar-refractivity contribution >= 4 is 0 Å². The van der Waals surface area contributed by atoms with E-state index in [0.717, 1.165) is 0 Å². The number of alkyl halides is 3. The molecule has 0 saturated heterocycles. The van der Waals surface area contributed by atoms with Crippen LogP contribution in [0.5, 0.6) is 5.75 Å². The van der Waals surface area contributed by atoms with Crippen molar-refractivity contribution in [3.8, 4) is 5.75 Å². The third-order valence-electron chi connectivity index (χ3n) is 1.66. The molecule has 1 aromatic carbocycles. The van der Waals surface area contributed by atoms with Gasteiger partial charge < -0.3 is 9.84 Å². The van der Waals surface area contributed by atoms with E-state index in [0.29, 0.717) is 12.0 Å². The zero-order valence-electron chi connectivity index (χ0n) is 8.08. The van der Waals surface area contributed by atoms with Gasteiger partial charge in [0, 0.05) is 0 Å². The van der Waals surface area contributed by atoms with E-state index in [4.69, 9.17) is 5.11 Å². The molecule has 0 bridgehead atoms. The second-order valence-electron chi connectivity index (χ2n) is 3.25. The Bertz CT molecular complexity index is 321. The normalized spacial score (nSPS) is 13.7. The topological polar surface area (TPSA) is 29.5 Å². The SMILES string of the molecule is CC(O)Cc1cccc(OC(F)(F)F)c1. The molecule has 0 amide bonds. The summed E-state index contributed by atoms with van der Waals surface area (Å²) in [5.74, 6) is -0.263. The maximum atomic E-state index is 11.9. The van der Waals surface area contributed by atoms with Crippen molar-refractivity contribution in [2.75, 3.05) is 0 Å². The van der Waals surface area contributed by atoms with Crippen molar-refractivity contribution in [1.29, 1.82) is 0 Å². The molecular formula is C10H11F3O2. The fourth-order valence-corrected chi connectivity index (χ4v) is 1.21. The standard InChI is InChI=1S/C10H11F3O2/c1-7(14)5-8-3-2-4-9(6-8)15-10(11,12)13/h2-4,6-7,14H,5H2,1H3. The lowest BCUT2D eigenvalue weighted by atomic mass is 10.1. The van der Waals surface area contributed by atoms with Gasteiger partial charge in [0.2, 0.25) is 0 Å². The predicted molar refractivity (Wildman–Crippen MR) is 48.5 cm³/mol.